The van der Waals surface area contributed by atoms with Crippen LogP contribution in [0, 0.1) is 0 Å². The maximum atomic E-state index is 11.8. The summed E-state index contributed by atoms with van der Waals surface area (Å²) < 4.78 is 9.85. The van der Waals surface area contributed by atoms with Gasteiger partial charge in [-0.1, -0.05) is 12.1 Å². The van der Waals surface area contributed by atoms with Crippen LogP contribution in [0.4, 0.5) is 4.79 Å². The smallest absolute Gasteiger partial charge is 0.325 e. The highest BCUT2D eigenvalue weighted by Crippen LogP contribution is 2.13. The molecule has 0 spiro atoms. The molecule has 0 aliphatic carbocycles. The van der Waals surface area contributed by atoms with E-state index in [4.69, 9.17) is 9.47 Å². The first kappa shape index (κ1) is 15.8. The fraction of sp³-hybridized carbons (Fsp3) is 0.429. The molecule has 0 atom stereocenters. The lowest BCUT2D eigenvalue weighted by Gasteiger charge is -2.18. The van der Waals surface area contributed by atoms with Gasteiger partial charge in [0.05, 0.1) is 13.7 Å². The number of benzene rings is 1. The molecule has 1 rings (SSSR count). The van der Waals surface area contributed by atoms with Crippen molar-refractivity contribution in [2.24, 2.45) is 0 Å². The summed E-state index contributed by atoms with van der Waals surface area (Å²) in [4.78, 5) is 24.4. The Balaban J connectivity index is 2.46. The number of carbonyl (C=O) groups excluding carboxylic acids is 2. The molecular formula is C14H20N2O4. The number of carbonyl (C=O) groups is 2. The van der Waals surface area contributed by atoms with Gasteiger partial charge < -0.3 is 19.7 Å². The van der Waals surface area contributed by atoms with Gasteiger partial charge in [0.15, 0.2) is 0 Å². The second kappa shape index (κ2) is 8.04. The second-order valence-corrected chi connectivity index (χ2v) is 4.17. The van der Waals surface area contributed by atoms with Gasteiger partial charge in [-0.3, -0.25) is 4.79 Å². The van der Waals surface area contributed by atoms with Crippen molar-refractivity contribution in [3.63, 3.8) is 0 Å². The normalized spacial score (nSPS) is 9.75. The summed E-state index contributed by atoms with van der Waals surface area (Å²) in [5, 5.41) is 2.50. The van der Waals surface area contributed by atoms with Crippen molar-refractivity contribution in [3.8, 4) is 5.75 Å². The minimum atomic E-state index is -0.448. The van der Waals surface area contributed by atoms with E-state index in [2.05, 4.69) is 5.32 Å². The zero-order chi connectivity index (χ0) is 15.0. The molecule has 0 bridgehead atoms. The molecule has 1 N–H and O–H groups in total. The predicted octanol–water partition coefficient (Wildman–Crippen LogP) is 1.40. The molecule has 110 valence electrons. The van der Waals surface area contributed by atoms with Crippen LogP contribution in [0.3, 0.4) is 0 Å². The molecule has 0 radical (unpaired) electrons. The largest absolute Gasteiger partial charge is 0.497 e. The van der Waals surface area contributed by atoms with E-state index in [1.54, 1.807) is 21.1 Å². The molecule has 1 aromatic carbocycles. The second-order valence-electron chi connectivity index (χ2n) is 4.17. The molecular weight excluding hydrogens is 260 g/mol. The van der Waals surface area contributed by atoms with Gasteiger partial charge in [0.1, 0.15) is 12.3 Å². The summed E-state index contributed by atoms with van der Waals surface area (Å²) in [6.45, 7) is 2.31. The summed E-state index contributed by atoms with van der Waals surface area (Å²) in [5.74, 6) is 0.290. The Kier molecular flexibility index (Phi) is 6.36. The third-order valence-electron chi connectivity index (χ3n) is 2.59. The number of rotatable bonds is 6. The number of methoxy groups -OCH3 is 1. The summed E-state index contributed by atoms with van der Waals surface area (Å²) in [5.41, 5.74) is 0.943. The van der Waals surface area contributed by atoms with Crippen LogP contribution in [0.1, 0.15) is 12.5 Å². The van der Waals surface area contributed by atoms with Gasteiger partial charge >= 0.3 is 12.0 Å². The van der Waals surface area contributed by atoms with E-state index in [-0.39, 0.29) is 12.6 Å². The van der Waals surface area contributed by atoms with E-state index in [1.807, 2.05) is 24.3 Å². The Morgan fingerprint density at radius 1 is 1.35 bits per heavy atom. The molecule has 0 aromatic heterocycles. The van der Waals surface area contributed by atoms with Gasteiger partial charge in [0.2, 0.25) is 0 Å². The minimum Gasteiger partial charge on any atom is -0.497 e. The van der Waals surface area contributed by atoms with E-state index < -0.39 is 5.97 Å². The zero-order valence-electron chi connectivity index (χ0n) is 12.0. The summed E-state index contributed by atoms with van der Waals surface area (Å²) >= 11 is 0. The van der Waals surface area contributed by atoms with Crippen LogP contribution in [-0.2, 0) is 16.1 Å². The van der Waals surface area contributed by atoms with E-state index in [9.17, 15) is 9.59 Å². The molecule has 6 heteroatoms. The van der Waals surface area contributed by atoms with Crippen LogP contribution in [-0.4, -0.2) is 44.2 Å². The van der Waals surface area contributed by atoms with Crippen molar-refractivity contribution in [3.05, 3.63) is 29.8 Å². The van der Waals surface area contributed by atoms with Crippen molar-refractivity contribution in [1.82, 2.24) is 10.2 Å². The molecule has 0 saturated heterocycles. The van der Waals surface area contributed by atoms with Crippen LogP contribution in [0.15, 0.2) is 24.3 Å². The van der Waals surface area contributed by atoms with Gasteiger partial charge in [-0.25, -0.2) is 4.79 Å². The molecule has 20 heavy (non-hydrogen) atoms. The number of amides is 2. The molecule has 0 fully saturated rings. The van der Waals surface area contributed by atoms with E-state index in [1.165, 1.54) is 4.90 Å². The van der Waals surface area contributed by atoms with E-state index in [0.29, 0.717) is 13.2 Å². The first-order valence-electron chi connectivity index (χ1n) is 6.34. The van der Waals surface area contributed by atoms with Crippen molar-refractivity contribution < 1.29 is 19.1 Å². The highest BCUT2D eigenvalue weighted by atomic mass is 16.5. The van der Waals surface area contributed by atoms with Crippen LogP contribution in [0.25, 0.3) is 0 Å². The van der Waals surface area contributed by atoms with Gasteiger partial charge in [0.25, 0.3) is 0 Å². The lowest BCUT2D eigenvalue weighted by atomic mass is 10.2. The van der Waals surface area contributed by atoms with Gasteiger partial charge in [-0.15, -0.1) is 0 Å². The summed E-state index contributed by atoms with van der Waals surface area (Å²) in [6.07, 6.45) is 0. The quantitative estimate of drug-likeness (QED) is 0.800. The van der Waals surface area contributed by atoms with E-state index in [0.717, 1.165) is 11.3 Å². The molecule has 1 aromatic rings. The number of ether oxygens (including phenoxy) is 2. The Morgan fingerprint density at radius 3 is 2.75 bits per heavy atom. The van der Waals surface area contributed by atoms with Gasteiger partial charge in [-0.05, 0) is 24.6 Å². The van der Waals surface area contributed by atoms with Crippen LogP contribution < -0.4 is 10.1 Å². The van der Waals surface area contributed by atoms with Crippen LogP contribution in [0.5, 0.6) is 5.75 Å². The Labute approximate surface area is 118 Å². The van der Waals surface area contributed by atoms with Gasteiger partial charge in [0, 0.05) is 13.6 Å². The standard InChI is InChI=1S/C14H20N2O4/c1-4-20-13(17)9-15-14(18)16(2)10-11-6-5-7-12(8-11)19-3/h5-8H,4,9-10H2,1-3H3,(H,15,18). The third kappa shape index (κ3) is 5.17. The molecule has 2 amide bonds. The van der Waals surface area contributed by atoms with Crippen molar-refractivity contribution >= 4 is 12.0 Å². The number of nitrogens with zero attached hydrogens (tertiary/aromatic N) is 1. The topological polar surface area (TPSA) is 67.9 Å². The average Bonchev–Trinajstić information content (AvgIpc) is 2.45. The first-order chi connectivity index (χ1) is 9.56. The van der Waals surface area contributed by atoms with Crippen molar-refractivity contribution in [1.29, 1.82) is 0 Å². The highest BCUT2D eigenvalue weighted by molar-refractivity contribution is 5.80. The molecule has 0 heterocycles. The fourth-order valence-electron chi connectivity index (χ4n) is 1.61. The maximum Gasteiger partial charge on any atom is 0.325 e. The average molecular weight is 280 g/mol. The molecule has 0 aliphatic heterocycles. The monoisotopic (exact) mass is 280 g/mol. The zero-order valence-corrected chi connectivity index (χ0v) is 12.0. The third-order valence-corrected chi connectivity index (χ3v) is 2.59. The lowest BCUT2D eigenvalue weighted by molar-refractivity contribution is -0.141. The van der Waals surface area contributed by atoms with Gasteiger partial charge in [-0.2, -0.15) is 0 Å². The Bertz CT molecular complexity index is 462. The van der Waals surface area contributed by atoms with E-state index >= 15 is 0 Å². The molecule has 0 aliphatic rings. The Morgan fingerprint density at radius 2 is 2.10 bits per heavy atom. The SMILES string of the molecule is CCOC(=O)CNC(=O)N(C)Cc1cccc(OC)c1. The molecule has 0 unspecified atom stereocenters. The molecule has 6 nitrogen and oxygen atoms in total. The first-order valence-corrected chi connectivity index (χ1v) is 6.34. The number of hydrogen-bond donors (Lipinski definition) is 1. The maximum absolute atomic E-state index is 11.8. The van der Waals surface area contributed by atoms with Crippen molar-refractivity contribution in [2.45, 2.75) is 13.5 Å². The predicted molar refractivity (Wildman–Crippen MR) is 74.5 cm³/mol. The number of hydrogen-bond acceptors (Lipinski definition) is 4. The number of nitrogens with one attached hydrogen (secondary N) is 1. The number of urea groups is 1. The highest BCUT2D eigenvalue weighted by Gasteiger charge is 2.11. The van der Waals surface area contributed by atoms with Crippen LogP contribution >= 0.6 is 0 Å². The Hall–Kier alpha value is -2.24. The minimum absolute atomic E-state index is 0.130. The van der Waals surface area contributed by atoms with Crippen LogP contribution in [0.2, 0.25) is 0 Å². The fourth-order valence-corrected chi connectivity index (χ4v) is 1.61. The molecule has 0 saturated carbocycles. The summed E-state index contributed by atoms with van der Waals surface area (Å²) in [7, 11) is 3.24. The van der Waals surface area contributed by atoms with Crippen molar-refractivity contribution in [2.75, 3.05) is 27.3 Å². The lowest BCUT2D eigenvalue weighted by Crippen LogP contribution is -2.39. The summed E-state index contributed by atoms with van der Waals surface area (Å²) in [6, 6.07) is 7.12. The number of esters is 1.